The van der Waals surface area contributed by atoms with E-state index >= 15 is 0 Å². The molecule has 0 spiro atoms. The standard InChI is InChI=1S/C21H24N2O3/c24-12-10-17-7-3-4-11-22(17)19-14-20(25)23(21(19)26)18-9-8-15-5-1-2-6-16(15)13-18/h1-2,5-6,8-9,13,17,19,24H,3-4,7,10-12,14H2. The van der Waals surface area contributed by atoms with Crippen LogP contribution >= 0.6 is 0 Å². The lowest BCUT2D eigenvalue weighted by Crippen LogP contribution is -2.50. The zero-order valence-corrected chi connectivity index (χ0v) is 14.8. The molecule has 2 atom stereocenters. The predicted octanol–water partition coefficient (Wildman–Crippen LogP) is 2.71. The van der Waals surface area contributed by atoms with Crippen LogP contribution in [0.5, 0.6) is 0 Å². The molecule has 26 heavy (non-hydrogen) atoms. The van der Waals surface area contributed by atoms with Crippen LogP contribution in [0.3, 0.4) is 0 Å². The fourth-order valence-electron chi connectivity index (χ4n) is 4.35. The van der Waals surface area contributed by atoms with Gasteiger partial charge in [-0.15, -0.1) is 0 Å². The van der Waals surface area contributed by atoms with E-state index in [2.05, 4.69) is 4.90 Å². The fraction of sp³-hybridized carbons (Fsp3) is 0.429. The van der Waals surface area contributed by atoms with Crippen LogP contribution in [-0.2, 0) is 9.59 Å². The van der Waals surface area contributed by atoms with Gasteiger partial charge < -0.3 is 5.11 Å². The SMILES string of the molecule is O=C1CC(N2CCCCC2CCO)C(=O)N1c1ccc2ccccc2c1. The number of piperidine rings is 1. The summed E-state index contributed by atoms with van der Waals surface area (Å²) in [6.07, 6.45) is 4.02. The number of benzene rings is 2. The molecule has 2 unspecified atom stereocenters. The second kappa shape index (κ2) is 7.17. The number of nitrogens with zero attached hydrogens (tertiary/aromatic N) is 2. The summed E-state index contributed by atoms with van der Waals surface area (Å²) in [5, 5.41) is 11.4. The molecule has 136 valence electrons. The topological polar surface area (TPSA) is 60.9 Å². The smallest absolute Gasteiger partial charge is 0.251 e. The van der Waals surface area contributed by atoms with Gasteiger partial charge in [0.1, 0.15) is 0 Å². The highest BCUT2D eigenvalue weighted by Gasteiger charge is 2.44. The van der Waals surface area contributed by atoms with Crippen LogP contribution in [0, 0.1) is 0 Å². The van der Waals surface area contributed by atoms with E-state index in [-0.39, 0.29) is 30.9 Å². The Morgan fingerprint density at radius 3 is 2.65 bits per heavy atom. The second-order valence-corrected chi connectivity index (χ2v) is 7.22. The van der Waals surface area contributed by atoms with E-state index in [9.17, 15) is 14.7 Å². The van der Waals surface area contributed by atoms with Gasteiger partial charge in [0, 0.05) is 12.6 Å². The van der Waals surface area contributed by atoms with E-state index in [0.29, 0.717) is 12.1 Å². The highest BCUT2D eigenvalue weighted by molar-refractivity contribution is 6.22. The molecule has 2 heterocycles. The summed E-state index contributed by atoms with van der Waals surface area (Å²) in [5.41, 5.74) is 0.650. The number of aliphatic hydroxyl groups excluding tert-OH is 1. The molecule has 0 bridgehead atoms. The molecule has 0 saturated carbocycles. The maximum atomic E-state index is 13.1. The van der Waals surface area contributed by atoms with Crippen LogP contribution in [0.15, 0.2) is 42.5 Å². The third-order valence-corrected chi connectivity index (χ3v) is 5.65. The van der Waals surface area contributed by atoms with Gasteiger partial charge in [-0.3, -0.25) is 14.5 Å². The number of anilines is 1. The van der Waals surface area contributed by atoms with E-state index < -0.39 is 6.04 Å². The zero-order chi connectivity index (χ0) is 18.1. The van der Waals surface area contributed by atoms with Crippen molar-refractivity contribution >= 4 is 28.3 Å². The fourth-order valence-corrected chi connectivity index (χ4v) is 4.35. The number of rotatable bonds is 4. The lowest BCUT2D eigenvalue weighted by Gasteiger charge is -2.38. The first-order chi connectivity index (χ1) is 12.7. The van der Waals surface area contributed by atoms with Crippen molar-refractivity contribution in [1.82, 2.24) is 4.90 Å². The van der Waals surface area contributed by atoms with Gasteiger partial charge in [0.25, 0.3) is 5.91 Å². The summed E-state index contributed by atoms with van der Waals surface area (Å²) in [7, 11) is 0. The van der Waals surface area contributed by atoms with E-state index in [1.165, 1.54) is 4.90 Å². The molecule has 2 aliphatic rings. The van der Waals surface area contributed by atoms with Gasteiger partial charge in [-0.25, -0.2) is 4.90 Å². The average molecular weight is 352 g/mol. The minimum Gasteiger partial charge on any atom is -0.396 e. The summed E-state index contributed by atoms with van der Waals surface area (Å²) < 4.78 is 0. The van der Waals surface area contributed by atoms with Crippen LogP contribution in [0.4, 0.5) is 5.69 Å². The molecule has 2 aromatic carbocycles. The molecule has 2 aromatic rings. The molecule has 2 fully saturated rings. The zero-order valence-electron chi connectivity index (χ0n) is 14.8. The molecule has 5 nitrogen and oxygen atoms in total. The largest absolute Gasteiger partial charge is 0.396 e. The number of fused-ring (bicyclic) bond motifs is 1. The Hall–Kier alpha value is -2.24. The third-order valence-electron chi connectivity index (χ3n) is 5.65. The van der Waals surface area contributed by atoms with Crippen molar-refractivity contribution in [3.05, 3.63) is 42.5 Å². The van der Waals surface area contributed by atoms with E-state index in [1.807, 2.05) is 42.5 Å². The molecule has 2 amide bonds. The summed E-state index contributed by atoms with van der Waals surface area (Å²) in [6.45, 7) is 0.935. The molecule has 4 rings (SSSR count). The maximum Gasteiger partial charge on any atom is 0.251 e. The number of hydrogen-bond donors (Lipinski definition) is 1. The monoisotopic (exact) mass is 352 g/mol. The van der Waals surface area contributed by atoms with Gasteiger partial charge in [0.15, 0.2) is 0 Å². The summed E-state index contributed by atoms with van der Waals surface area (Å²) in [6, 6.07) is 13.4. The van der Waals surface area contributed by atoms with E-state index in [0.717, 1.165) is 36.6 Å². The van der Waals surface area contributed by atoms with Crippen molar-refractivity contribution in [1.29, 1.82) is 0 Å². The molecule has 2 saturated heterocycles. The Kier molecular flexibility index (Phi) is 4.74. The molecule has 0 radical (unpaired) electrons. The van der Waals surface area contributed by atoms with Crippen molar-refractivity contribution in [2.45, 2.75) is 44.2 Å². The number of aliphatic hydroxyl groups is 1. The average Bonchev–Trinajstić information content (AvgIpc) is 2.96. The number of hydrogen-bond acceptors (Lipinski definition) is 4. The Morgan fingerprint density at radius 2 is 1.85 bits per heavy atom. The Labute approximate surface area is 153 Å². The molecule has 5 heteroatoms. The van der Waals surface area contributed by atoms with Crippen molar-refractivity contribution in [3.8, 4) is 0 Å². The first-order valence-electron chi connectivity index (χ1n) is 9.41. The number of likely N-dealkylation sites (tertiary alicyclic amines) is 1. The highest BCUT2D eigenvalue weighted by Crippen LogP contribution is 2.32. The second-order valence-electron chi connectivity index (χ2n) is 7.22. The van der Waals surface area contributed by atoms with Gasteiger partial charge in [-0.1, -0.05) is 36.8 Å². The van der Waals surface area contributed by atoms with Crippen molar-refractivity contribution in [2.75, 3.05) is 18.1 Å². The number of carbonyl (C=O) groups excluding carboxylic acids is 2. The Morgan fingerprint density at radius 1 is 1.04 bits per heavy atom. The Balaban J connectivity index is 1.61. The van der Waals surface area contributed by atoms with Gasteiger partial charge >= 0.3 is 0 Å². The third kappa shape index (κ3) is 3.02. The first-order valence-corrected chi connectivity index (χ1v) is 9.41. The minimum absolute atomic E-state index is 0.115. The molecular weight excluding hydrogens is 328 g/mol. The minimum atomic E-state index is -0.397. The summed E-state index contributed by atoms with van der Waals surface area (Å²) >= 11 is 0. The number of carbonyl (C=O) groups is 2. The lowest BCUT2D eigenvalue weighted by atomic mass is 9.97. The van der Waals surface area contributed by atoms with E-state index in [1.54, 1.807) is 0 Å². The van der Waals surface area contributed by atoms with E-state index in [4.69, 9.17) is 0 Å². The van der Waals surface area contributed by atoms with Gasteiger partial charge in [0.2, 0.25) is 5.91 Å². The molecule has 0 aliphatic carbocycles. The molecule has 1 N–H and O–H groups in total. The Bertz CT molecular complexity index is 833. The van der Waals surface area contributed by atoms with Crippen molar-refractivity contribution in [2.24, 2.45) is 0 Å². The molecule has 2 aliphatic heterocycles. The van der Waals surface area contributed by atoms with Gasteiger partial charge in [-0.2, -0.15) is 0 Å². The first kappa shape index (κ1) is 17.2. The van der Waals surface area contributed by atoms with Gasteiger partial charge in [0.05, 0.1) is 18.2 Å². The molecular formula is C21H24N2O3. The van der Waals surface area contributed by atoms with Gasteiger partial charge in [-0.05, 0) is 48.7 Å². The summed E-state index contributed by atoms with van der Waals surface area (Å²) in [5.74, 6) is -0.265. The van der Waals surface area contributed by atoms with Crippen molar-refractivity contribution < 1.29 is 14.7 Å². The van der Waals surface area contributed by atoms with Crippen LogP contribution in [0.2, 0.25) is 0 Å². The van der Waals surface area contributed by atoms with Crippen molar-refractivity contribution in [3.63, 3.8) is 0 Å². The van der Waals surface area contributed by atoms with Crippen LogP contribution in [-0.4, -0.2) is 47.1 Å². The van der Waals surface area contributed by atoms with Crippen LogP contribution < -0.4 is 4.90 Å². The van der Waals surface area contributed by atoms with Crippen LogP contribution in [0.1, 0.15) is 32.1 Å². The quantitative estimate of drug-likeness (QED) is 0.860. The summed E-state index contributed by atoms with van der Waals surface area (Å²) in [4.78, 5) is 29.3. The predicted molar refractivity (Wildman–Crippen MR) is 101 cm³/mol. The maximum absolute atomic E-state index is 13.1. The molecule has 0 aromatic heterocycles. The highest BCUT2D eigenvalue weighted by atomic mass is 16.3. The number of imide groups is 1. The number of amides is 2. The normalized spacial score (nSPS) is 24.6. The van der Waals surface area contributed by atoms with Crippen LogP contribution in [0.25, 0.3) is 10.8 Å². The lowest BCUT2D eigenvalue weighted by molar-refractivity contribution is -0.123.